The predicted molar refractivity (Wildman–Crippen MR) is 65.4 cm³/mol. The van der Waals surface area contributed by atoms with Crippen LogP contribution in [0.4, 0.5) is 5.69 Å². The van der Waals surface area contributed by atoms with Gasteiger partial charge in [-0.25, -0.2) is 0 Å². The van der Waals surface area contributed by atoms with Gasteiger partial charge in [0.15, 0.2) is 0 Å². The van der Waals surface area contributed by atoms with Crippen molar-refractivity contribution in [1.82, 2.24) is 5.32 Å². The fraction of sp³-hybridized carbons (Fsp3) is 0.154. The van der Waals surface area contributed by atoms with Crippen molar-refractivity contribution in [2.45, 2.75) is 13.0 Å². The van der Waals surface area contributed by atoms with Gasteiger partial charge < -0.3 is 15.5 Å². The smallest absolute Gasteiger partial charge is 0.251 e. The molecule has 0 radical (unpaired) electrons. The molecule has 1 heterocycles. The second-order valence-electron chi connectivity index (χ2n) is 3.84. The molecule has 3 N–H and O–H groups in total. The van der Waals surface area contributed by atoms with E-state index in [-0.39, 0.29) is 11.9 Å². The standard InChI is InChI=1S/C13H14N2O2/c1-9(12-6-3-7-17-12)15-13(16)10-4-2-5-11(14)8-10/h2-9H,14H2,1H3,(H,15,16)/t9-/m0/s1. The fourth-order valence-electron chi connectivity index (χ4n) is 1.57. The Balaban J connectivity index is 2.07. The number of hydrogen-bond donors (Lipinski definition) is 2. The van der Waals surface area contributed by atoms with Crippen LogP contribution in [0.5, 0.6) is 0 Å². The quantitative estimate of drug-likeness (QED) is 0.795. The van der Waals surface area contributed by atoms with E-state index in [1.54, 1.807) is 36.6 Å². The number of furan rings is 1. The highest BCUT2D eigenvalue weighted by Gasteiger charge is 2.13. The molecule has 4 heteroatoms. The largest absolute Gasteiger partial charge is 0.467 e. The fourth-order valence-corrected chi connectivity index (χ4v) is 1.57. The molecule has 1 aromatic carbocycles. The predicted octanol–water partition coefficient (Wildman–Crippen LogP) is 2.35. The topological polar surface area (TPSA) is 68.3 Å². The average Bonchev–Trinajstić information content (AvgIpc) is 2.82. The maximum atomic E-state index is 11.9. The maximum absolute atomic E-state index is 11.9. The first-order chi connectivity index (χ1) is 8.16. The summed E-state index contributed by atoms with van der Waals surface area (Å²) < 4.78 is 5.22. The van der Waals surface area contributed by atoms with Crippen LogP contribution in [-0.4, -0.2) is 5.91 Å². The highest BCUT2D eigenvalue weighted by Crippen LogP contribution is 2.14. The molecule has 88 valence electrons. The first-order valence-electron chi connectivity index (χ1n) is 5.36. The van der Waals surface area contributed by atoms with Gasteiger partial charge in [0.25, 0.3) is 5.91 Å². The summed E-state index contributed by atoms with van der Waals surface area (Å²) in [5, 5.41) is 2.84. The second kappa shape index (κ2) is 4.74. The van der Waals surface area contributed by atoms with Gasteiger partial charge in [0.2, 0.25) is 0 Å². The van der Waals surface area contributed by atoms with Crippen LogP contribution in [0.2, 0.25) is 0 Å². The Bertz CT molecular complexity index is 506. The monoisotopic (exact) mass is 230 g/mol. The summed E-state index contributed by atoms with van der Waals surface area (Å²) in [7, 11) is 0. The van der Waals surface area contributed by atoms with E-state index < -0.39 is 0 Å². The van der Waals surface area contributed by atoms with Gasteiger partial charge in [0.1, 0.15) is 5.76 Å². The summed E-state index contributed by atoms with van der Waals surface area (Å²) in [6.45, 7) is 1.86. The Kier molecular flexibility index (Phi) is 3.14. The molecule has 0 aliphatic heterocycles. The Morgan fingerprint density at radius 3 is 2.82 bits per heavy atom. The summed E-state index contributed by atoms with van der Waals surface area (Å²) >= 11 is 0. The van der Waals surface area contributed by atoms with Gasteiger partial charge in [-0.15, -0.1) is 0 Å². The van der Waals surface area contributed by atoms with E-state index in [9.17, 15) is 4.79 Å². The third-order valence-corrected chi connectivity index (χ3v) is 2.47. The minimum atomic E-state index is -0.168. The lowest BCUT2D eigenvalue weighted by atomic mass is 10.1. The molecule has 1 aromatic heterocycles. The van der Waals surface area contributed by atoms with Crippen LogP contribution >= 0.6 is 0 Å². The molecule has 0 unspecified atom stereocenters. The van der Waals surface area contributed by atoms with Crippen LogP contribution in [0.15, 0.2) is 47.1 Å². The summed E-state index contributed by atoms with van der Waals surface area (Å²) in [5.41, 5.74) is 6.74. The molecular weight excluding hydrogens is 216 g/mol. The number of carbonyl (C=O) groups is 1. The van der Waals surface area contributed by atoms with E-state index in [1.807, 2.05) is 13.0 Å². The lowest BCUT2D eigenvalue weighted by Gasteiger charge is -2.11. The van der Waals surface area contributed by atoms with E-state index >= 15 is 0 Å². The molecule has 0 bridgehead atoms. The first kappa shape index (κ1) is 11.3. The summed E-state index contributed by atoms with van der Waals surface area (Å²) in [5.74, 6) is 0.559. The number of nitrogen functional groups attached to an aromatic ring is 1. The molecule has 17 heavy (non-hydrogen) atoms. The van der Waals surface area contributed by atoms with Crippen molar-refractivity contribution in [3.05, 3.63) is 54.0 Å². The number of nitrogens with one attached hydrogen (secondary N) is 1. The zero-order chi connectivity index (χ0) is 12.3. The van der Waals surface area contributed by atoms with Crippen molar-refractivity contribution in [3.63, 3.8) is 0 Å². The van der Waals surface area contributed by atoms with Crippen molar-refractivity contribution in [2.24, 2.45) is 0 Å². The highest BCUT2D eigenvalue weighted by atomic mass is 16.3. The summed E-state index contributed by atoms with van der Waals surface area (Å²) in [6.07, 6.45) is 1.58. The van der Waals surface area contributed by atoms with E-state index in [2.05, 4.69) is 5.32 Å². The number of carbonyl (C=O) groups excluding carboxylic acids is 1. The SMILES string of the molecule is C[C@H](NC(=O)c1cccc(N)c1)c1ccco1. The van der Waals surface area contributed by atoms with Gasteiger partial charge >= 0.3 is 0 Å². The minimum absolute atomic E-state index is 0.166. The van der Waals surface area contributed by atoms with Crippen LogP contribution in [0.25, 0.3) is 0 Å². The molecule has 0 aliphatic rings. The molecule has 1 atom stereocenters. The Hall–Kier alpha value is -2.23. The van der Waals surface area contributed by atoms with Gasteiger partial charge in [-0.2, -0.15) is 0 Å². The van der Waals surface area contributed by atoms with Crippen LogP contribution in [0, 0.1) is 0 Å². The van der Waals surface area contributed by atoms with Crippen LogP contribution < -0.4 is 11.1 Å². The van der Waals surface area contributed by atoms with Crippen molar-refractivity contribution in [2.75, 3.05) is 5.73 Å². The Morgan fingerprint density at radius 2 is 2.18 bits per heavy atom. The molecule has 2 rings (SSSR count). The Morgan fingerprint density at radius 1 is 1.35 bits per heavy atom. The zero-order valence-corrected chi connectivity index (χ0v) is 9.51. The summed E-state index contributed by atoms with van der Waals surface area (Å²) in [6, 6.07) is 10.3. The highest BCUT2D eigenvalue weighted by molar-refractivity contribution is 5.95. The van der Waals surface area contributed by atoms with Crippen LogP contribution in [-0.2, 0) is 0 Å². The number of benzene rings is 1. The minimum Gasteiger partial charge on any atom is -0.467 e. The number of rotatable bonds is 3. The van der Waals surface area contributed by atoms with Crippen molar-refractivity contribution in [3.8, 4) is 0 Å². The van der Waals surface area contributed by atoms with Crippen molar-refractivity contribution < 1.29 is 9.21 Å². The third-order valence-electron chi connectivity index (χ3n) is 2.47. The molecule has 0 fully saturated rings. The van der Waals surface area contributed by atoms with E-state index in [1.165, 1.54) is 0 Å². The van der Waals surface area contributed by atoms with E-state index in [0.717, 1.165) is 5.76 Å². The molecule has 0 saturated heterocycles. The van der Waals surface area contributed by atoms with Gasteiger partial charge in [-0.05, 0) is 37.3 Å². The van der Waals surface area contributed by atoms with Crippen LogP contribution in [0.1, 0.15) is 29.1 Å². The Labute approximate surface area is 99.4 Å². The van der Waals surface area contributed by atoms with Crippen molar-refractivity contribution >= 4 is 11.6 Å². The lowest BCUT2D eigenvalue weighted by Crippen LogP contribution is -2.26. The lowest BCUT2D eigenvalue weighted by molar-refractivity contribution is 0.0935. The number of anilines is 1. The number of nitrogens with two attached hydrogens (primary N) is 1. The average molecular weight is 230 g/mol. The van der Waals surface area contributed by atoms with Crippen molar-refractivity contribution in [1.29, 1.82) is 0 Å². The first-order valence-corrected chi connectivity index (χ1v) is 5.36. The number of amides is 1. The number of hydrogen-bond acceptors (Lipinski definition) is 3. The van der Waals surface area contributed by atoms with E-state index in [4.69, 9.17) is 10.2 Å². The zero-order valence-electron chi connectivity index (χ0n) is 9.51. The van der Waals surface area contributed by atoms with E-state index in [0.29, 0.717) is 11.3 Å². The maximum Gasteiger partial charge on any atom is 0.251 e. The molecule has 1 amide bonds. The van der Waals surface area contributed by atoms with Gasteiger partial charge in [-0.3, -0.25) is 4.79 Å². The molecule has 0 aliphatic carbocycles. The normalized spacial score (nSPS) is 12.1. The molecule has 4 nitrogen and oxygen atoms in total. The molecule has 0 spiro atoms. The summed E-state index contributed by atoms with van der Waals surface area (Å²) in [4.78, 5) is 11.9. The van der Waals surface area contributed by atoms with Crippen LogP contribution in [0.3, 0.4) is 0 Å². The van der Waals surface area contributed by atoms with Gasteiger partial charge in [-0.1, -0.05) is 6.07 Å². The molecule has 0 saturated carbocycles. The van der Waals surface area contributed by atoms with Gasteiger partial charge in [0.05, 0.1) is 12.3 Å². The van der Waals surface area contributed by atoms with Gasteiger partial charge in [0, 0.05) is 11.3 Å². The molecular formula is C13H14N2O2. The third kappa shape index (κ3) is 2.66. The second-order valence-corrected chi connectivity index (χ2v) is 3.84. The molecule has 2 aromatic rings.